The van der Waals surface area contributed by atoms with Crippen LogP contribution in [0.1, 0.15) is 21.8 Å². The number of thiophene rings is 1. The second-order valence-electron chi connectivity index (χ2n) is 5.68. The largest absolute Gasteiger partial charge is 0.459 e. The minimum Gasteiger partial charge on any atom is -0.459 e. The van der Waals surface area contributed by atoms with E-state index in [0.717, 1.165) is 15.3 Å². The van der Waals surface area contributed by atoms with Gasteiger partial charge in [0.25, 0.3) is 5.91 Å². The maximum absolute atomic E-state index is 12.5. The molecule has 0 radical (unpaired) electrons. The van der Waals surface area contributed by atoms with Crippen molar-refractivity contribution in [1.82, 2.24) is 10.3 Å². The van der Waals surface area contributed by atoms with Gasteiger partial charge in [-0.15, -0.1) is 23.1 Å². The second kappa shape index (κ2) is 8.28. The van der Waals surface area contributed by atoms with Gasteiger partial charge in [0, 0.05) is 16.2 Å². The average molecular weight is 396 g/mol. The molecule has 0 bridgehead atoms. The molecule has 1 aromatic carbocycles. The lowest BCUT2D eigenvalue weighted by Crippen LogP contribution is -2.23. The topological polar surface area (TPSA) is 68.3 Å². The van der Waals surface area contributed by atoms with Gasteiger partial charge in [-0.25, -0.2) is 4.98 Å². The van der Waals surface area contributed by atoms with Crippen molar-refractivity contribution in [2.75, 3.05) is 0 Å². The lowest BCUT2D eigenvalue weighted by molar-refractivity contribution is 0.0921. The van der Waals surface area contributed by atoms with Gasteiger partial charge < -0.3 is 14.2 Å². The van der Waals surface area contributed by atoms with Gasteiger partial charge in [-0.05, 0) is 29.6 Å². The van der Waals surface area contributed by atoms with Gasteiger partial charge in [0.15, 0.2) is 5.76 Å². The minimum absolute atomic E-state index is 0.260. The molecule has 3 aromatic heterocycles. The first-order valence-corrected chi connectivity index (χ1v) is 10.2. The number of oxazole rings is 1. The maximum Gasteiger partial charge on any atom is 0.287 e. The van der Waals surface area contributed by atoms with Crippen LogP contribution in [0.15, 0.2) is 80.2 Å². The fourth-order valence-corrected chi connectivity index (χ4v) is 4.03. The number of thioether (sulfide) groups is 1. The number of rotatable bonds is 7. The van der Waals surface area contributed by atoms with Crippen molar-refractivity contribution in [3.63, 3.8) is 0 Å². The molecule has 7 heteroatoms. The zero-order chi connectivity index (χ0) is 18.5. The van der Waals surface area contributed by atoms with Crippen LogP contribution in [0.5, 0.6) is 0 Å². The van der Waals surface area contributed by atoms with Gasteiger partial charge in [0.1, 0.15) is 6.26 Å². The predicted molar refractivity (Wildman–Crippen MR) is 106 cm³/mol. The summed E-state index contributed by atoms with van der Waals surface area (Å²) < 4.78 is 10.9. The van der Waals surface area contributed by atoms with Gasteiger partial charge in [0.2, 0.25) is 5.89 Å². The van der Waals surface area contributed by atoms with Crippen molar-refractivity contribution in [2.24, 2.45) is 0 Å². The second-order valence-corrected chi connectivity index (χ2v) is 7.68. The summed E-state index contributed by atoms with van der Waals surface area (Å²) in [7, 11) is 0. The first-order valence-electron chi connectivity index (χ1n) is 8.30. The van der Waals surface area contributed by atoms with E-state index in [1.165, 1.54) is 0 Å². The van der Waals surface area contributed by atoms with Crippen molar-refractivity contribution in [3.8, 4) is 10.8 Å². The van der Waals surface area contributed by atoms with E-state index in [4.69, 9.17) is 8.83 Å². The highest BCUT2D eigenvalue weighted by molar-refractivity contribution is 7.98. The molecule has 1 amide bonds. The number of nitrogens with one attached hydrogen (secondary N) is 1. The van der Waals surface area contributed by atoms with Crippen LogP contribution < -0.4 is 5.32 Å². The standard InChI is InChI=1S/C20H16N2O3S2/c23-19(21-11-15-12-25-20(22-15)17-7-4-10-26-17)18-14(8-9-24-18)13-27-16-5-2-1-3-6-16/h1-10,12H,11,13H2,(H,21,23). The fourth-order valence-electron chi connectivity index (χ4n) is 2.48. The van der Waals surface area contributed by atoms with Crippen LogP contribution in [0, 0.1) is 0 Å². The lowest BCUT2D eigenvalue weighted by Gasteiger charge is -2.04. The van der Waals surface area contributed by atoms with Crippen LogP contribution in [0.2, 0.25) is 0 Å². The average Bonchev–Trinajstić information content (AvgIpc) is 3.46. The third-order valence-corrected chi connectivity index (χ3v) is 5.72. The van der Waals surface area contributed by atoms with E-state index < -0.39 is 0 Å². The van der Waals surface area contributed by atoms with E-state index in [1.54, 1.807) is 35.6 Å². The Morgan fingerprint density at radius 1 is 1.11 bits per heavy atom. The number of carbonyl (C=O) groups is 1. The van der Waals surface area contributed by atoms with Crippen molar-refractivity contribution in [3.05, 3.63) is 83.5 Å². The summed E-state index contributed by atoms with van der Waals surface area (Å²) in [5, 5.41) is 4.80. The molecule has 1 N–H and O–H groups in total. The van der Waals surface area contributed by atoms with Crippen LogP contribution in [0.25, 0.3) is 10.8 Å². The minimum atomic E-state index is -0.260. The third-order valence-electron chi connectivity index (χ3n) is 3.80. The van der Waals surface area contributed by atoms with E-state index in [1.807, 2.05) is 53.9 Å². The molecule has 0 atom stereocenters. The van der Waals surface area contributed by atoms with Crippen LogP contribution in [0.3, 0.4) is 0 Å². The van der Waals surface area contributed by atoms with Gasteiger partial charge >= 0.3 is 0 Å². The number of aromatic nitrogens is 1. The van der Waals surface area contributed by atoms with Crippen molar-refractivity contribution >= 4 is 29.0 Å². The molecule has 0 unspecified atom stereocenters. The molecular formula is C20H16N2O3S2. The van der Waals surface area contributed by atoms with Crippen LogP contribution in [0.4, 0.5) is 0 Å². The molecule has 3 heterocycles. The number of amides is 1. The van der Waals surface area contributed by atoms with E-state index in [0.29, 0.717) is 23.1 Å². The number of hydrogen-bond donors (Lipinski definition) is 1. The van der Waals surface area contributed by atoms with E-state index in [9.17, 15) is 4.79 Å². The predicted octanol–water partition coefficient (Wildman–Crippen LogP) is 5.22. The molecule has 0 saturated heterocycles. The van der Waals surface area contributed by atoms with Gasteiger partial charge in [-0.1, -0.05) is 24.3 Å². The Labute approximate surface area is 164 Å². The van der Waals surface area contributed by atoms with Crippen LogP contribution in [-0.4, -0.2) is 10.9 Å². The zero-order valence-corrected chi connectivity index (χ0v) is 15.9. The third kappa shape index (κ3) is 4.32. The van der Waals surface area contributed by atoms with Gasteiger partial charge in [0.05, 0.1) is 23.4 Å². The Morgan fingerprint density at radius 3 is 2.81 bits per heavy atom. The molecule has 0 aliphatic heterocycles. The molecule has 0 aliphatic rings. The first kappa shape index (κ1) is 17.6. The van der Waals surface area contributed by atoms with E-state index in [2.05, 4.69) is 10.3 Å². The Morgan fingerprint density at radius 2 is 2.00 bits per heavy atom. The van der Waals surface area contributed by atoms with Gasteiger partial charge in [-0.2, -0.15) is 0 Å². The van der Waals surface area contributed by atoms with Crippen LogP contribution >= 0.6 is 23.1 Å². The Hall–Kier alpha value is -2.77. The highest BCUT2D eigenvalue weighted by Crippen LogP contribution is 2.25. The summed E-state index contributed by atoms with van der Waals surface area (Å²) in [5.41, 5.74) is 1.53. The highest BCUT2D eigenvalue weighted by atomic mass is 32.2. The maximum atomic E-state index is 12.5. The van der Waals surface area contributed by atoms with E-state index in [-0.39, 0.29) is 12.5 Å². The molecule has 0 spiro atoms. The monoisotopic (exact) mass is 396 g/mol. The summed E-state index contributed by atoms with van der Waals surface area (Å²) in [4.78, 5) is 19.0. The Bertz CT molecular complexity index is 1010. The highest BCUT2D eigenvalue weighted by Gasteiger charge is 2.16. The quantitative estimate of drug-likeness (QED) is 0.434. The summed E-state index contributed by atoms with van der Waals surface area (Å²) in [6.45, 7) is 0.277. The molecule has 0 saturated carbocycles. The summed E-state index contributed by atoms with van der Waals surface area (Å²) in [6.07, 6.45) is 3.10. The SMILES string of the molecule is O=C(NCc1coc(-c2cccs2)n1)c1occc1CSc1ccccc1. The summed E-state index contributed by atoms with van der Waals surface area (Å²) >= 11 is 3.22. The number of nitrogens with zero attached hydrogens (tertiary/aromatic N) is 1. The zero-order valence-electron chi connectivity index (χ0n) is 14.3. The van der Waals surface area contributed by atoms with Crippen molar-refractivity contribution < 1.29 is 13.6 Å². The number of carbonyl (C=O) groups excluding carboxylic acids is 1. The molecule has 0 fully saturated rings. The normalized spacial score (nSPS) is 10.8. The fraction of sp³-hybridized carbons (Fsp3) is 0.100. The lowest BCUT2D eigenvalue weighted by atomic mass is 10.2. The smallest absolute Gasteiger partial charge is 0.287 e. The molecule has 27 heavy (non-hydrogen) atoms. The van der Waals surface area contributed by atoms with E-state index >= 15 is 0 Å². The first-order chi connectivity index (χ1) is 13.3. The number of benzene rings is 1. The number of hydrogen-bond acceptors (Lipinski definition) is 6. The van der Waals surface area contributed by atoms with Gasteiger partial charge in [-0.3, -0.25) is 4.79 Å². The molecule has 136 valence electrons. The Kier molecular flexibility index (Phi) is 5.41. The molecule has 0 aliphatic carbocycles. The molecule has 4 rings (SSSR count). The number of furan rings is 1. The Balaban J connectivity index is 1.36. The van der Waals surface area contributed by atoms with Crippen molar-refractivity contribution in [2.45, 2.75) is 17.2 Å². The molecule has 5 nitrogen and oxygen atoms in total. The molecule has 4 aromatic rings. The molecular weight excluding hydrogens is 380 g/mol. The van der Waals surface area contributed by atoms with Crippen molar-refractivity contribution in [1.29, 1.82) is 0 Å². The summed E-state index contributed by atoms with van der Waals surface area (Å²) in [5.74, 6) is 1.30. The summed E-state index contributed by atoms with van der Waals surface area (Å²) in [6, 6.07) is 15.8. The van der Waals surface area contributed by atoms with Crippen LogP contribution in [-0.2, 0) is 12.3 Å².